The molecule has 0 spiro atoms. The van der Waals surface area contributed by atoms with E-state index < -0.39 is 0 Å². The molecule has 110 valence electrons. The molecule has 3 heteroatoms. The van der Waals surface area contributed by atoms with Crippen LogP contribution in [0.5, 0.6) is 0 Å². The van der Waals surface area contributed by atoms with Crippen molar-refractivity contribution in [1.82, 2.24) is 4.90 Å². The summed E-state index contributed by atoms with van der Waals surface area (Å²) in [5.41, 5.74) is 1.79. The molecule has 0 amide bonds. The van der Waals surface area contributed by atoms with Gasteiger partial charge in [-0.05, 0) is 43.6 Å². The third-order valence-electron chi connectivity index (χ3n) is 3.01. The predicted octanol–water partition coefficient (Wildman–Crippen LogP) is 3.18. The van der Waals surface area contributed by atoms with Gasteiger partial charge >= 0.3 is 0 Å². The van der Waals surface area contributed by atoms with E-state index in [0.717, 1.165) is 43.6 Å². The quantitative estimate of drug-likeness (QED) is 0.774. The third-order valence-corrected chi connectivity index (χ3v) is 3.01. The van der Waals surface area contributed by atoms with Crippen LogP contribution in [0.15, 0.2) is 18.2 Å². The van der Waals surface area contributed by atoms with Crippen molar-refractivity contribution in [3.05, 3.63) is 35.1 Å². The van der Waals surface area contributed by atoms with Crippen LogP contribution in [0, 0.1) is 17.7 Å². The lowest BCUT2D eigenvalue weighted by Gasteiger charge is -2.21. The second-order valence-corrected chi connectivity index (χ2v) is 4.85. The number of aliphatic hydroxyl groups is 1. The van der Waals surface area contributed by atoms with Crippen LogP contribution in [0.25, 0.3) is 0 Å². The molecule has 1 aromatic rings. The Morgan fingerprint density at radius 3 is 2.50 bits per heavy atom. The maximum atomic E-state index is 13.4. The van der Waals surface area contributed by atoms with Crippen LogP contribution in [0.3, 0.4) is 0 Å². The van der Waals surface area contributed by atoms with E-state index >= 15 is 0 Å². The van der Waals surface area contributed by atoms with Crippen molar-refractivity contribution in [2.24, 2.45) is 0 Å². The van der Waals surface area contributed by atoms with Crippen LogP contribution in [-0.2, 0) is 6.54 Å². The molecule has 0 fully saturated rings. The van der Waals surface area contributed by atoms with Crippen molar-refractivity contribution in [3.8, 4) is 11.8 Å². The Balaban J connectivity index is 2.89. The molecular formula is C17H24FNO. The summed E-state index contributed by atoms with van der Waals surface area (Å²) in [4.78, 5) is 2.37. The van der Waals surface area contributed by atoms with Gasteiger partial charge < -0.3 is 5.11 Å². The monoisotopic (exact) mass is 277 g/mol. The maximum absolute atomic E-state index is 13.4. The molecular weight excluding hydrogens is 253 g/mol. The first-order valence-electron chi connectivity index (χ1n) is 7.31. The molecule has 0 radical (unpaired) electrons. The average Bonchev–Trinajstić information content (AvgIpc) is 2.42. The fraction of sp³-hybridized carbons (Fsp3) is 0.529. The average molecular weight is 277 g/mol. The maximum Gasteiger partial charge on any atom is 0.124 e. The molecule has 0 saturated heterocycles. The van der Waals surface area contributed by atoms with E-state index in [1.807, 2.05) is 6.07 Å². The second-order valence-electron chi connectivity index (χ2n) is 4.85. The molecule has 0 aliphatic carbocycles. The zero-order valence-corrected chi connectivity index (χ0v) is 12.5. The van der Waals surface area contributed by atoms with Gasteiger partial charge in [-0.25, -0.2) is 4.39 Å². The normalized spacial score (nSPS) is 10.4. The summed E-state index contributed by atoms with van der Waals surface area (Å²) < 4.78 is 13.4. The minimum atomic E-state index is -0.264. The number of hydrogen-bond donors (Lipinski definition) is 1. The second kappa shape index (κ2) is 9.52. The minimum Gasteiger partial charge on any atom is -0.395 e. The fourth-order valence-electron chi connectivity index (χ4n) is 2.16. The number of nitrogens with zero attached hydrogens (tertiary/aromatic N) is 1. The van der Waals surface area contributed by atoms with Crippen molar-refractivity contribution < 1.29 is 9.50 Å². The summed E-state index contributed by atoms with van der Waals surface area (Å²) in [5.74, 6) is 5.57. The lowest BCUT2D eigenvalue weighted by Crippen LogP contribution is -2.25. The fourth-order valence-corrected chi connectivity index (χ4v) is 2.16. The standard InChI is InChI=1S/C17H24FNO/c1-3-10-19(11-4-2)14-16-8-9-17(18)13-15(16)7-5-6-12-20/h8-9,13,20H,3-4,6,10-12,14H2,1-2H3. The topological polar surface area (TPSA) is 23.5 Å². The summed E-state index contributed by atoms with van der Waals surface area (Å²) in [6.07, 6.45) is 2.63. The van der Waals surface area contributed by atoms with Crippen LogP contribution in [-0.4, -0.2) is 29.7 Å². The van der Waals surface area contributed by atoms with Crippen molar-refractivity contribution in [1.29, 1.82) is 0 Å². The highest BCUT2D eigenvalue weighted by Gasteiger charge is 2.08. The molecule has 1 rings (SSSR count). The number of rotatable bonds is 7. The molecule has 2 nitrogen and oxygen atoms in total. The molecule has 0 unspecified atom stereocenters. The number of benzene rings is 1. The van der Waals surface area contributed by atoms with Gasteiger partial charge in [-0.2, -0.15) is 0 Å². The summed E-state index contributed by atoms with van der Waals surface area (Å²) >= 11 is 0. The van der Waals surface area contributed by atoms with Crippen LogP contribution in [0.2, 0.25) is 0 Å². The van der Waals surface area contributed by atoms with Crippen LogP contribution >= 0.6 is 0 Å². The van der Waals surface area contributed by atoms with Crippen LogP contribution < -0.4 is 0 Å². The lowest BCUT2D eigenvalue weighted by molar-refractivity contribution is 0.266. The molecule has 0 atom stereocenters. The summed E-state index contributed by atoms with van der Waals surface area (Å²) in [6.45, 7) is 7.23. The van der Waals surface area contributed by atoms with Gasteiger partial charge in [0.15, 0.2) is 0 Å². The summed E-state index contributed by atoms with van der Waals surface area (Å²) in [6, 6.07) is 4.79. The molecule has 0 saturated carbocycles. The molecule has 20 heavy (non-hydrogen) atoms. The zero-order chi connectivity index (χ0) is 14.8. The first-order valence-corrected chi connectivity index (χ1v) is 7.31. The Bertz CT molecular complexity index is 456. The van der Waals surface area contributed by atoms with Gasteiger partial charge in [0.1, 0.15) is 5.82 Å². The van der Waals surface area contributed by atoms with Crippen molar-refractivity contribution in [2.75, 3.05) is 19.7 Å². The smallest absolute Gasteiger partial charge is 0.124 e. The first-order chi connectivity index (χ1) is 9.71. The highest BCUT2D eigenvalue weighted by Crippen LogP contribution is 2.14. The third kappa shape index (κ3) is 5.73. The molecule has 0 bridgehead atoms. The molecule has 0 aliphatic heterocycles. The molecule has 0 heterocycles. The zero-order valence-electron chi connectivity index (χ0n) is 12.5. The van der Waals surface area contributed by atoms with E-state index in [-0.39, 0.29) is 12.4 Å². The highest BCUT2D eigenvalue weighted by atomic mass is 19.1. The first kappa shape index (κ1) is 16.7. The Morgan fingerprint density at radius 2 is 1.90 bits per heavy atom. The van der Waals surface area contributed by atoms with E-state index in [4.69, 9.17) is 5.11 Å². The van der Waals surface area contributed by atoms with Gasteiger partial charge in [-0.1, -0.05) is 31.8 Å². The number of aliphatic hydroxyl groups excluding tert-OH is 1. The Hall–Kier alpha value is -1.37. The number of hydrogen-bond acceptors (Lipinski definition) is 2. The highest BCUT2D eigenvalue weighted by molar-refractivity contribution is 5.41. The molecule has 1 N–H and O–H groups in total. The molecule has 0 aromatic heterocycles. The van der Waals surface area contributed by atoms with Crippen LogP contribution in [0.4, 0.5) is 4.39 Å². The number of halogens is 1. The largest absolute Gasteiger partial charge is 0.395 e. The van der Waals surface area contributed by atoms with Gasteiger partial charge in [-0.3, -0.25) is 4.90 Å². The minimum absolute atomic E-state index is 0.0371. The Morgan fingerprint density at radius 1 is 1.20 bits per heavy atom. The van der Waals surface area contributed by atoms with Crippen molar-refractivity contribution in [3.63, 3.8) is 0 Å². The van der Waals surface area contributed by atoms with E-state index in [9.17, 15) is 4.39 Å². The van der Waals surface area contributed by atoms with E-state index in [1.165, 1.54) is 12.1 Å². The molecule has 1 aromatic carbocycles. The van der Waals surface area contributed by atoms with E-state index in [2.05, 4.69) is 30.6 Å². The van der Waals surface area contributed by atoms with Gasteiger partial charge in [0.2, 0.25) is 0 Å². The van der Waals surface area contributed by atoms with Crippen molar-refractivity contribution >= 4 is 0 Å². The Labute approximate surface area is 121 Å². The molecule has 0 aliphatic rings. The Kier molecular flexibility index (Phi) is 7.94. The van der Waals surface area contributed by atoms with Gasteiger partial charge in [0.05, 0.1) is 6.61 Å². The predicted molar refractivity (Wildman–Crippen MR) is 80.8 cm³/mol. The SMILES string of the molecule is CCCN(CCC)Cc1ccc(F)cc1C#CCCO. The van der Waals surface area contributed by atoms with Gasteiger partial charge in [0.25, 0.3) is 0 Å². The van der Waals surface area contributed by atoms with Gasteiger partial charge in [0, 0.05) is 18.5 Å². The van der Waals surface area contributed by atoms with E-state index in [1.54, 1.807) is 0 Å². The van der Waals surface area contributed by atoms with Gasteiger partial charge in [-0.15, -0.1) is 0 Å². The van der Waals surface area contributed by atoms with E-state index in [0.29, 0.717) is 6.42 Å². The van der Waals surface area contributed by atoms with Crippen molar-refractivity contribution in [2.45, 2.75) is 39.7 Å². The van der Waals surface area contributed by atoms with Crippen LogP contribution in [0.1, 0.15) is 44.2 Å². The lowest BCUT2D eigenvalue weighted by atomic mass is 10.1. The summed E-state index contributed by atoms with van der Waals surface area (Å²) in [7, 11) is 0. The summed E-state index contributed by atoms with van der Waals surface area (Å²) in [5, 5.41) is 8.77.